The van der Waals surface area contributed by atoms with Gasteiger partial charge in [0.15, 0.2) is 3.01 Å². The number of carbonyl (C=O) groups is 1. The van der Waals surface area contributed by atoms with Crippen LogP contribution in [0.2, 0.25) is 0 Å². The fraction of sp³-hybridized carbons (Fsp3) is 0.200. The second-order valence-corrected chi connectivity index (χ2v) is 4.27. The minimum Gasteiger partial charge on any atom is -0.481 e. The Labute approximate surface area is 75.2 Å². The Morgan fingerprint density at radius 2 is 2.60 bits per heavy atom. The lowest BCUT2D eigenvalue weighted by Crippen LogP contribution is -1.99. The maximum Gasteiger partial charge on any atom is 0.309 e. The van der Waals surface area contributed by atoms with Gasteiger partial charge in [-0.1, -0.05) is 0 Å². The quantitative estimate of drug-likeness (QED) is 0.825. The Bertz CT molecular complexity index is 248. The molecule has 1 N–H and O–H groups in total. The number of carboxylic acid groups (broad SMARTS) is 1. The molecule has 0 atom stereocenters. The third-order valence-corrected chi connectivity index (χ3v) is 2.54. The van der Waals surface area contributed by atoms with Crippen molar-refractivity contribution in [3.8, 4) is 0 Å². The lowest BCUT2D eigenvalue weighted by molar-refractivity contribution is -0.136. The summed E-state index contributed by atoms with van der Waals surface area (Å²) in [6.45, 7) is 0. The molecule has 0 aliphatic rings. The predicted molar refractivity (Wildman–Crippen MR) is 46.2 cm³/mol. The summed E-state index contributed by atoms with van der Waals surface area (Å²) >= 11 is 3.52. The molecule has 3 nitrogen and oxygen atoms in total. The van der Waals surface area contributed by atoms with Gasteiger partial charge in [-0.2, -0.15) is 0 Å². The summed E-state index contributed by atoms with van der Waals surface area (Å²) < 4.78 is 0.883. The lowest BCUT2D eigenvalue weighted by Gasteiger charge is -1.84. The van der Waals surface area contributed by atoms with Gasteiger partial charge >= 0.3 is 5.97 Å². The first-order chi connectivity index (χ1) is 4.68. The fourth-order valence-corrected chi connectivity index (χ4v) is 1.75. The van der Waals surface area contributed by atoms with Gasteiger partial charge in [0.2, 0.25) is 0 Å². The van der Waals surface area contributed by atoms with Crippen molar-refractivity contribution in [3.05, 3.63) is 14.1 Å². The summed E-state index contributed by atoms with van der Waals surface area (Å²) in [5.41, 5.74) is 0.641. The number of halogens is 1. The van der Waals surface area contributed by atoms with E-state index in [1.165, 1.54) is 11.3 Å². The Hall–Kier alpha value is -0.170. The van der Waals surface area contributed by atoms with Crippen LogP contribution < -0.4 is 0 Å². The van der Waals surface area contributed by atoms with Crippen molar-refractivity contribution in [3.63, 3.8) is 0 Å². The number of hydrogen-bond acceptors (Lipinski definition) is 3. The van der Waals surface area contributed by atoms with E-state index in [1.807, 2.05) is 0 Å². The second kappa shape index (κ2) is 3.29. The molecule has 0 amide bonds. The summed E-state index contributed by atoms with van der Waals surface area (Å²) in [5.74, 6) is -0.832. The van der Waals surface area contributed by atoms with E-state index in [9.17, 15) is 4.79 Å². The molecule has 0 fully saturated rings. The van der Waals surface area contributed by atoms with Crippen molar-refractivity contribution in [2.24, 2.45) is 0 Å². The number of hydrogen-bond donors (Lipinski definition) is 1. The molecule has 0 aliphatic heterocycles. The summed E-state index contributed by atoms with van der Waals surface area (Å²) in [4.78, 5) is 14.1. The van der Waals surface area contributed by atoms with Crippen molar-refractivity contribution >= 4 is 39.9 Å². The highest BCUT2D eigenvalue weighted by atomic mass is 127. The molecule has 0 saturated heterocycles. The standard InChI is InChI=1S/C5H4INO2S/c6-5-7-3(2-10-5)1-4(8)9/h2H,1H2,(H,8,9). The highest BCUT2D eigenvalue weighted by molar-refractivity contribution is 14.1. The van der Waals surface area contributed by atoms with E-state index in [4.69, 9.17) is 5.11 Å². The predicted octanol–water partition coefficient (Wildman–Crippen LogP) is 1.37. The highest BCUT2D eigenvalue weighted by Crippen LogP contribution is 2.11. The van der Waals surface area contributed by atoms with Crippen LogP contribution in [0.4, 0.5) is 0 Å². The topological polar surface area (TPSA) is 50.2 Å². The van der Waals surface area contributed by atoms with Crippen LogP contribution >= 0.6 is 33.9 Å². The Kier molecular flexibility index (Phi) is 2.61. The summed E-state index contributed by atoms with van der Waals surface area (Å²) in [7, 11) is 0. The molecule has 0 bridgehead atoms. The van der Waals surface area contributed by atoms with Gasteiger partial charge in [-0.3, -0.25) is 4.79 Å². The molecular formula is C5H4INO2S. The van der Waals surface area contributed by atoms with Crippen LogP contribution in [0.25, 0.3) is 0 Å². The van der Waals surface area contributed by atoms with Gasteiger partial charge in [-0.05, 0) is 22.6 Å². The van der Waals surface area contributed by atoms with E-state index in [0.717, 1.165) is 3.01 Å². The van der Waals surface area contributed by atoms with Crippen molar-refractivity contribution in [1.82, 2.24) is 4.98 Å². The van der Waals surface area contributed by atoms with Crippen molar-refractivity contribution in [1.29, 1.82) is 0 Å². The van der Waals surface area contributed by atoms with Gasteiger partial charge in [0.25, 0.3) is 0 Å². The third kappa shape index (κ3) is 2.22. The maximum atomic E-state index is 10.1. The van der Waals surface area contributed by atoms with Crippen molar-refractivity contribution in [2.45, 2.75) is 6.42 Å². The van der Waals surface area contributed by atoms with Crippen LogP contribution in [0, 0.1) is 3.01 Å². The van der Waals surface area contributed by atoms with E-state index in [2.05, 4.69) is 27.6 Å². The molecule has 0 aliphatic carbocycles. The second-order valence-electron chi connectivity index (χ2n) is 1.66. The number of aromatic nitrogens is 1. The van der Waals surface area contributed by atoms with E-state index in [1.54, 1.807) is 5.38 Å². The van der Waals surface area contributed by atoms with Gasteiger partial charge in [0.05, 0.1) is 12.1 Å². The number of rotatable bonds is 2. The first-order valence-electron chi connectivity index (χ1n) is 2.50. The summed E-state index contributed by atoms with van der Waals surface area (Å²) in [6.07, 6.45) is 0.0273. The molecule has 0 unspecified atom stereocenters. The van der Waals surface area contributed by atoms with E-state index >= 15 is 0 Å². The van der Waals surface area contributed by atoms with Crippen LogP contribution in [0.5, 0.6) is 0 Å². The van der Waals surface area contributed by atoms with Crippen LogP contribution in [-0.2, 0) is 11.2 Å². The van der Waals surface area contributed by atoms with Gasteiger partial charge in [-0.25, -0.2) is 4.98 Å². The molecule has 1 aromatic rings. The largest absolute Gasteiger partial charge is 0.481 e. The molecule has 54 valence electrons. The van der Waals surface area contributed by atoms with Crippen LogP contribution in [0.3, 0.4) is 0 Å². The van der Waals surface area contributed by atoms with Crippen molar-refractivity contribution < 1.29 is 9.90 Å². The van der Waals surface area contributed by atoms with Gasteiger partial charge in [-0.15, -0.1) is 11.3 Å². The molecule has 1 aromatic heterocycles. The zero-order chi connectivity index (χ0) is 7.56. The minimum atomic E-state index is -0.832. The van der Waals surface area contributed by atoms with Crippen molar-refractivity contribution in [2.75, 3.05) is 0 Å². The van der Waals surface area contributed by atoms with Crippen LogP contribution in [0.15, 0.2) is 5.38 Å². The summed E-state index contributed by atoms with van der Waals surface area (Å²) in [6, 6.07) is 0. The molecule has 1 heterocycles. The minimum absolute atomic E-state index is 0.0273. The highest BCUT2D eigenvalue weighted by Gasteiger charge is 2.03. The third-order valence-electron chi connectivity index (χ3n) is 0.856. The molecule has 0 saturated carbocycles. The summed E-state index contributed by atoms with van der Waals surface area (Å²) in [5, 5.41) is 10.1. The molecule has 0 radical (unpaired) electrons. The van der Waals surface area contributed by atoms with Crippen LogP contribution in [-0.4, -0.2) is 16.1 Å². The lowest BCUT2D eigenvalue weighted by atomic mass is 10.3. The average Bonchev–Trinajstić information content (AvgIpc) is 2.13. The Balaban J connectivity index is 2.67. The zero-order valence-corrected chi connectivity index (χ0v) is 7.85. The number of thiazole rings is 1. The van der Waals surface area contributed by atoms with Gasteiger partial charge < -0.3 is 5.11 Å². The smallest absolute Gasteiger partial charge is 0.309 e. The van der Waals surface area contributed by atoms with Gasteiger partial charge in [0, 0.05) is 5.38 Å². The zero-order valence-electron chi connectivity index (χ0n) is 4.87. The first kappa shape index (κ1) is 7.93. The molecular weight excluding hydrogens is 265 g/mol. The van der Waals surface area contributed by atoms with Gasteiger partial charge in [0.1, 0.15) is 0 Å². The number of nitrogens with zero attached hydrogens (tertiary/aromatic N) is 1. The van der Waals surface area contributed by atoms with Crippen LogP contribution in [0.1, 0.15) is 5.69 Å². The number of carboxylic acids is 1. The average molecular weight is 269 g/mol. The molecule has 0 spiro atoms. The maximum absolute atomic E-state index is 10.1. The Morgan fingerprint density at radius 1 is 1.90 bits per heavy atom. The molecule has 10 heavy (non-hydrogen) atoms. The monoisotopic (exact) mass is 269 g/mol. The van der Waals surface area contributed by atoms with E-state index in [0.29, 0.717) is 5.69 Å². The van der Waals surface area contributed by atoms with E-state index in [-0.39, 0.29) is 6.42 Å². The molecule has 1 rings (SSSR count). The van der Waals surface area contributed by atoms with E-state index < -0.39 is 5.97 Å². The Morgan fingerprint density at radius 3 is 3.00 bits per heavy atom. The SMILES string of the molecule is O=C(O)Cc1csc(I)n1. The fourth-order valence-electron chi connectivity index (χ4n) is 0.518. The molecule has 5 heteroatoms. The molecule has 0 aromatic carbocycles. The number of aliphatic carboxylic acids is 1. The normalized spacial score (nSPS) is 9.70. The first-order valence-corrected chi connectivity index (χ1v) is 4.46.